The largest absolute Gasteiger partial charge is 0.309 e. The molecule has 0 N–H and O–H groups in total. The minimum absolute atomic E-state index is 0.870. The highest BCUT2D eigenvalue weighted by atomic mass is 15.0. The summed E-state index contributed by atoms with van der Waals surface area (Å²) < 4.78 is 7.04. The van der Waals surface area contributed by atoms with Crippen molar-refractivity contribution in [2.24, 2.45) is 0 Å². The van der Waals surface area contributed by atoms with Crippen molar-refractivity contribution in [2.75, 3.05) is 0 Å². The first-order valence-corrected chi connectivity index (χ1v) is 14.5. The normalized spacial score (nSPS) is 12.2. The van der Waals surface area contributed by atoms with E-state index in [1.165, 1.54) is 38.1 Å². The lowest BCUT2D eigenvalue weighted by Gasteiger charge is -2.10. The Morgan fingerprint density at radius 3 is 1.84 bits per heavy atom. The van der Waals surface area contributed by atoms with Gasteiger partial charge >= 0.3 is 0 Å². The summed E-state index contributed by atoms with van der Waals surface area (Å²) in [4.78, 5) is 9.56. The molecule has 0 atom stereocenters. The van der Waals surface area contributed by atoms with Crippen LogP contribution < -0.4 is 0 Å². The molecule has 5 aromatic carbocycles. The molecule has 0 aliphatic carbocycles. The van der Waals surface area contributed by atoms with Gasteiger partial charge in [-0.25, -0.2) is 4.98 Å². The highest BCUT2D eigenvalue weighted by Gasteiger charge is 2.23. The van der Waals surface area contributed by atoms with Gasteiger partial charge in [-0.1, -0.05) is 66.7 Å². The average molecular weight is 550 g/mol. The Balaban J connectivity index is 1.54. The Kier molecular flexibility index (Phi) is 4.39. The summed E-state index contributed by atoms with van der Waals surface area (Å²) in [6.07, 6.45) is 5.81. The third-order valence-corrected chi connectivity index (χ3v) is 8.92. The molecule has 5 heteroatoms. The van der Waals surface area contributed by atoms with Crippen molar-refractivity contribution < 1.29 is 0 Å². The van der Waals surface area contributed by atoms with Gasteiger partial charge in [0.25, 0.3) is 0 Å². The summed E-state index contributed by atoms with van der Waals surface area (Å²) in [6.45, 7) is 0. The molecular formula is C38H23N5. The van der Waals surface area contributed by atoms with Crippen LogP contribution in [0.1, 0.15) is 0 Å². The summed E-state index contributed by atoms with van der Waals surface area (Å²) in [5, 5.41) is 7.22. The molecule has 5 heterocycles. The van der Waals surface area contributed by atoms with Crippen LogP contribution in [0.3, 0.4) is 0 Å². The summed E-state index contributed by atoms with van der Waals surface area (Å²) in [7, 11) is 0. The van der Waals surface area contributed by atoms with Gasteiger partial charge in [0.05, 0.1) is 27.6 Å². The Labute approximate surface area is 245 Å². The van der Waals surface area contributed by atoms with Crippen molar-refractivity contribution in [1.29, 1.82) is 0 Å². The Bertz CT molecular complexity index is 2710. The average Bonchev–Trinajstić information content (AvgIpc) is 3.78. The molecule has 10 aromatic rings. The van der Waals surface area contributed by atoms with Crippen molar-refractivity contribution >= 4 is 71.1 Å². The molecule has 0 fully saturated rings. The third kappa shape index (κ3) is 2.90. The second-order valence-electron chi connectivity index (χ2n) is 11.1. The van der Waals surface area contributed by atoms with Crippen molar-refractivity contribution in [2.45, 2.75) is 0 Å². The van der Waals surface area contributed by atoms with E-state index < -0.39 is 0 Å². The third-order valence-electron chi connectivity index (χ3n) is 8.92. The van der Waals surface area contributed by atoms with Crippen LogP contribution in [-0.4, -0.2) is 23.5 Å². The maximum absolute atomic E-state index is 4.79. The van der Waals surface area contributed by atoms with Crippen LogP contribution in [0.5, 0.6) is 0 Å². The standard InChI is InChI=1S/C38H23N5/c1-3-10-24(11-4-1)42-29-16-8-7-14-28(29)33-30(42)19-20-31-34(33)35-32(43(31)25-12-5-2-6-13-25)18-17-27-26-15-9-21-39-36(26)38-40-22-23-41(38)37(27)35/h1-23H. The highest BCUT2D eigenvalue weighted by Crippen LogP contribution is 2.45. The van der Waals surface area contributed by atoms with Crippen LogP contribution in [0.15, 0.2) is 140 Å². The lowest BCUT2D eigenvalue weighted by Crippen LogP contribution is -1.95. The van der Waals surface area contributed by atoms with E-state index in [1.54, 1.807) is 0 Å². The van der Waals surface area contributed by atoms with Crippen molar-refractivity contribution in [3.63, 3.8) is 0 Å². The zero-order valence-electron chi connectivity index (χ0n) is 23.0. The van der Waals surface area contributed by atoms with Gasteiger partial charge in [-0.2, -0.15) is 0 Å². The van der Waals surface area contributed by atoms with Gasteiger partial charge in [0.1, 0.15) is 5.52 Å². The topological polar surface area (TPSA) is 40.1 Å². The summed E-state index contributed by atoms with van der Waals surface area (Å²) in [5.74, 6) is 0. The number of benzene rings is 5. The monoisotopic (exact) mass is 549 g/mol. The number of para-hydroxylation sites is 3. The summed E-state index contributed by atoms with van der Waals surface area (Å²) in [6, 6.07) is 43.4. The first-order chi connectivity index (χ1) is 21.4. The lowest BCUT2D eigenvalue weighted by atomic mass is 10.0. The fraction of sp³-hybridized carbons (Fsp3) is 0. The van der Waals surface area contributed by atoms with Crippen molar-refractivity contribution in [3.05, 3.63) is 140 Å². The molecule has 10 rings (SSSR count). The summed E-state index contributed by atoms with van der Waals surface area (Å²) in [5.41, 5.74) is 9.94. The van der Waals surface area contributed by atoms with Gasteiger partial charge in [-0.15, -0.1) is 0 Å². The molecule has 0 saturated heterocycles. The fourth-order valence-corrected chi connectivity index (χ4v) is 7.27. The molecule has 0 amide bonds. The molecule has 0 spiro atoms. The van der Waals surface area contributed by atoms with Gasteiger partial charge in [0.15, 0.2) is 5.65 Å². The van der Waals surface area contributed by atoms with E-state index in [2.05, 4.69) is 135 Å². The van der Waals surface area contributed by atoms with Gasteiger partial charge in [-0.3, -0.25) is 9.38 Å². The van der Waals surface area contributed by atoms with Crippen LogP contribution in [-0.2, 0) is 0 Å². The number of fused-ring (bicyclic) bond motifs is 14. The molecule has 43 heavy (non-hydrogen) atoms. The van der Waals surface area contributed by atoms with E-state index in [4.69, 9.17) is 9.97 Å². The second kappa shape index (κ2) is 8.30. The molecule has 0 unspecified atom stereocenters. The number of pyridine rings is 2. The van der Waals surface area contributed by atoms with Crippen LogP contribution in [0.4, 0.5) is 0 Å². The molecule has 0 radical (unpaired) electrons. The second-order valence-corrected chi connectivity index (χ2v) is 11.1. The predicted octanol–water partition coefficient (Wildman–Crippen LogP) is 9.23. The van der Waals surface area contributed by atoms with Crippen LogP contribution >= 0.6 is 0 Å². The SMILES string of the molecule is c1ccc(-n2c3ccccc3c3c4c5c(ccc6c7cccnc7c7nccn7c65)n(-c5ccccc5)c4ccc32)cc1. The first-order valence-electron chi connectivity index (χ1n) is 14.5. The smallest absolute Gasteiger partial charge is 0.163 e. The van der Waals surface area contributed by atoms with E-state index in [-0.39, 0.29) is 0 Å². The number of hydrogen-bond donors (Lipinski definition) is 0. The van der Waals surface area contributed by atoms with Crippen molar-refractivity contribution in [1.82, 2.24) is 23.5 Å². The first kappa shape index (κ1) is 22.7. The van der Waals surface area contributed by atoms with E-state index >= 15 is 0 Å². The Morgan fingerprint density at radius 1 is 0.419 bits per heavy atom. The zero-order chi connectivity index (χ0) is 28.1. The maximum Gasteiger partial charge on any atom is 0.163 e. The lowest BCUT2D eigenvalue weighted by molar-refractivity contribution is 1.17. The molecule has 0 aliphatic rings. The number of aromatic nitrogens is 5. The molecule has 0 bridgehead atoms. The number of nitrogens with zero attached hydrogens (tertiary/aromatic N) is 5. The number of hydrogen-bond acceptors (Lipinski definition) is 2. The summed E-state index contributed by atoms with van der Waals surface area (Å²) >= 11 is 0. The maximum atomic E-state index is 4.79. The Hall–Kier alpha value is -5.94. The fourth-order valence-electron chi connectivity index (χ4n) is 7.27. The number of rotatable bonds is 2. The van der Waals surface area contributed by atoms with Crippen LogP contribution in [0, 0.1) is 0 Å². The molecule has 0 saturated carbocycles. The zero-order valence-corrected chi connectivity index (χ0v) is 23.0. The van der Waals surface area contributed by atoms with E-state index in [1.807, 2.05) is 18.5 Å². The quantitative estimate of drug-likeness (QED) is 0.202. The van der Waals surface area contributed by atoms with Crippen LogP contribution in [0.2, 0.25) is 0 Å². The van der Waals surface area contributed by atoms with E-state index in [0.717, 1.165) is 44.3 Å². The highest BCUT2D eigenvalue weighted by molar-refractivity contribution is 6.34. The molecule has 5 aromatic heterocycles. The van der Waals surface area contributed by atoms with Gasteiger partial charge in [-0.05, 0) is 54.6 Å². The minimum atomic E-state index is 0.870. The molecule has 5 nitrogen and oxygen atoms in total. The van der Waals surface area contributed by atoms with E-state index in [9.17, 15) is 0 Å². The number of imidazole rings is 1. The Morgan fingerprint density at radius 2 is 1.05 bits per heavy atom. The van der Waals surface area contributed by atoms with E-state index in [0.29, 0.717) is 0 Å². The predicted molar refractivity (Wildman–Crippen MR) is 177 cm³/mol. The van der Waals surface area contributed by atoms with Crippen LogP contribution in [0.25, 0.3) is 82.4 Å². The minimum Gasteiger partial charge on any atom is -0.309 e. The van der Waals surface area contributed by atoms with Crippen molar-refractivity contribution in [3.8, 4) is 11.4 Å². The molecular weight excluding hydrogens is 526 g/mol. The molecule has 0 aliphatic heterocycles. The van der Waals surface area contributed by atoms with Gasteiger partial charge < -0.3 is 9.13 Å². The molecule has 200 valence electrons. The van der Waals surface area contributed by atoms with Gasteiger partial charge in [0.2, 0.25) is 0 Å². The van der Waals surface area contributed by atoms with Gasteiger partial charge in [0, 0.05) is 62.3 Å².